The number of amidine groups is 1. The molecule has 4 nitrogen and oxygen atoms in total. The van der Waals surface area contributed by atoms with Gasteiger partial charge in [-0.1, -0.05) is 72.8 Å². The van der Waals surface area contributed by atoms with Crippen molar-refractivity contribution in [2.24, 2.45) is 10.2 Å². The fourth-order valence-electron chi connectivity index (χ4n) is 2.75. The van der Waals surface area contributed by atoms with Crippen molar-refractivity contribution in [2.45, 2.75) is 39.0 Å². The van der Waals surface area contributed by atoms with Crippen LogP contribution in [0.15, 0.2) is 58.7 Å². The Morgan fingerprint density at radius 1 is 1.12 bits per heavy atom. The van der Waals surface area contributed by atoms with Gasteiger partial charge >= 0.3 is 0 Å². The van der Waals surface area contributed by atoms with Gasteiger partial charge < -0.3 is 0 Å². The Morgan fingerprint density at radius 2 is 1.85 bits per heavy atom. The first-order valence-electron chi connectivity index (χ1n) is 8.78. The Labute approximate surface area is 159 Å². The van der Waals surface area contributed by atoms with Gasteiger partial charge in [0.2, 0.25) is 5.91 Å². The Bertz CT molecular complexity index is 843. The van der Waals surface area contributed by atoms with E-state index in [4.69, 9.17) is 0 Å². The molecule has 0 spiro atoms. The molecule has 1 saturated heterocycles. The molecule has 5 heteroatoms. The van der Waals surface area contributed by atoms with E-state index in [0.717, 1.165) is 17.5 Å². The van der Waals surface area contributed by atoms with E-state index in [1.54, 1.807) is 11.1 Å². The summed E-state index contributed by atoms with van der Waals surface area (Å²) in [5.41, 5.74) is 4.51. The number of amides is 1. The number of benzene rings is 2. The molecule has 1 heterocycles. The summed E-state index contributed by atoms with van der Waals surface area (Å²) in [7, 11) is 0. The van der Waals surface area contributed by atoms with E-state index >= 15 is 0 Å². The highest BCUT2D eigenvalue weighted by Gasteiger charge is 2.37. The lowest BCUT2D eigenvalue weighted by Gasteiger charge is -2.17. The largest absolute Gasteiger partial charge is 0.284 e. The predicted molar refractivity (Wildman–Crippen MR) is 110 cm³/mol. The fourth-order valence-corrected chi connectivity index (χ4v) is 3.77. The third kappa shape index (κ3) is 4.22. The minimum atomic E-state index is -0.0765. The first kappa shape index (κ1) is 18.4. The van der Waals surface area contributed by atoms with E-state index in [-0.39, 0.29) is 11.2 Å². The van der Waals surface area contributed by atoms with Gasteiger partial charge in [-0.2, -0.15) is 5.10 Å². The molecule has 1 aliphatic rings. The number of carbonyl (C=O) groups is 1. The van der Waals surface area contributed by atoms with E-state index < -0.39 is 0 Å². The number of hydrogen-bond donors (Lipinski definition) is 0. The number of carbonyl (C=O) groups excluding carboxylic acids is 1. The van der Waals surface area contributed by atoms with Gasteiger partial charge in [0.25, 0.3) is 0 Å². The summed E-state index contributed by atoms with van der Waals surface area (Å²) in [4.78, 5) is 14.5. The molecule has 1 atom stereocenters. The van der Waals surface area contributed by atoms with Crippen LogP contribution in [0.2, 0.25) is 0 Å². The summed E-state index contributed by atoms with van der Waals surface area (Å²) in [6.45, 7) is 6.68. The molecule has 1 aliphatic heterocycles. The second kappa shape index (κ2) is 8.32. The van der Waals surface area contributed by atoms with Gasteiger partial charge in [0.15, 0.2) is 5.17 Å². The first-order chi connectivity index (χ1) is 12.6. The third-order valence-corrected chi connectivity index (χ3v) is 5.74. The van der Waals surface area contributed by atoms with Crippen LogP contribution in [0.5, 0.6) is 0 Å². The topological polar surface area (TPSA) is 45.0 Å². The Hall–Kier alpha value is -2.40. The average Bonchev–Trinajstić information content (AvgIpc) is 2.94. The lowest BCUT2D eigenvalue weighted by atomic mass is 10.1. The molecule has 2 aromatic rings. The quantitative estimate of drug-likeness (QED) is 0.576. The highest BCUT2D eigenvalue weighted by atomic mass is 32.2. The van der Waals surface area contributed by atoms with Crippen LogP contribution in [0.4, 0.5) is 0 Å². The molecule has 0 unspecified atom stereocenters. The summed E-state index contributed by atoms with van der Waals surface area (Å²) in [6.07, 6.45) is 2.51. The molecule has 0 bridgehead atoms. The molecule has 26 heavy (non-hydrogen) atoms. The first-order valence-corrected chi connectivity index (χ1v) is 9.66. The van der Waals surface area contributed by atoms with Crippen LogP contribution in [0, 0.1) is 13.8 Å². The van der Waals surface area contributed by atoms with Gasteiger partial charge in [-0.15, -0.1) is 5.10 Å². The maximum absolute atomic E-state index is 12.7. The summed E-state index contributed by atoms with van der Waals surface area (Å²) >= 11 is 1.50. The average molecular weight is 366 g/mol. The predicted octanol–water partition coefficient (Wildman–Crippen LogP) is 4.55. The number of nitrogens with zero attached hydrogens (tertiary/aromatic N) is 3. The van der Waals surface area contributed by atoms with E-state index in [2.05, 4.69) is 36.2 Å². The van der Waals surface area contributed by atoms with E-state index in [9.17, 15) is 4.79 Å². The minimum absolute atomic E-state index is 0.0765. The van der Waals surface area contributed by atoms with Gasteiger partial charge in [-0.25, -0.2) is 0 Å². The molecule has 1 fully saturated rings. The molecule has 2 aromatic carbocycles. The van der Waals surface area contributed by atoms with E-state index in [1.807, 2.05) is 43.3 Å². The van der Waals surface area contributed by atoms with Gasteiger partial charge in [0.1, 0.15) is 0 Å². The minimum Gasteiger partial charge on any atom is -0.284 e. The molecule has 3 rings (SSSR count). The van der Waals surface area contributed by atoms with Gasteiger partial charge in [0, 0.05) is 0 Å². The summed E-state index contributed by atoms with van der Waals surface area (Å²) in [6, 6.07) is 16.2. The number of thioether (sulfide) groups is 1. The van der Waals surface area contributed by atoms with Gasteiger partial charge in [-0.05, 0) is 37.0 Å². The fraction of sp³-hybridized carbons (Fsp3) is 0.286. The molecule has 0 N–H and O–H groups in total. The zero-order valence-corrected chi connectivity index (χ0v) is 16.2. The molecule has 0 saturated carbocycles. The van der Waals surface area contributed by atoms with Crippen LogP contribution in [-0.4, -0.2) is 27.4 Å². The van der Waals surface area contributed by atoms with E-state index in [1.165, 1.54) is 22.9 Å². The van der Waals surface area contributed by atoms with Crippen LogP contribution in [0.3, 0.4) is 0 Å². The van der Waals surface area contributed by atoms with E-state index in [0.29, 0.717) is 11.7 Å². The van der Waals surface area contributed by atoms with Crippen LogP contribution < -0.4 is 0 Å². The molecule has 0 aliphatic carbocycles. The second-order valence-corrected chi connectivity index (χ2v) is 7.57. The van der Waals surface area contributed by atoms with Crippen molar-refractivity contribution in [3.05, 3.63) is 70.8 Å². The standard InChI is InChI=1S/C21H23N3OS/c1-4-19-20(25)24(14-18-8-6-5-7-16(18)3)21(26-19)23-22-13-17-11-9-15(2)10-12-17/h5-13,19H,4,14H2,1-3H3/b22-13-,23-21-/t19-/m1/s1. The van der Waals surface area contributed by atoms with Gasteiger partial charge in [0.05, 0.1) is 18.0 Å². The molecule has 134 valence electrons. The number of rotatable bonds is 5. The lowest BCUT2D eigenvalue weighted by molar-refractivity contribution is -0.126. The van der Waals surface area contributed by atoms with Crippen molar-refractivity contribution < 1.29 is 4.79 Å². The Kier molecular flexibility index (Phi) is 5.89. The van der Waals surface area contributed by atoms with Crippen molar-refractivity contribution in [2.75, 3.05) is 0 Å². The summed E-state index contributed by atoms with van der Waals surface area (Å²) < 4.78 is 0. The molecule has 0 aromatic heterocycles. The van der Waals surface area contributed by atoms with Crippen LogP contribution in [0.25, 0.3) is 0 Å². The highest BCUT2D eigenvalue weighted by Crippen LogP contribution is 2.31. The smallest absolute Gasteiger partial charge is 0.242 e. The SMILES string of the molecule is CC[C@H]1S/C(=N\N=C/c2ccc(C)cc2)N(Cc2ccccc2C)C1=O. The maximum atomic E-state index is 12.7. The van der Waals surface area contributed by atoms with Crippen LogP contribution in [0.1, 0.15) is 35.6 Å². The van der Waals surface area contributed by atoms with Crippen molar-refractivity contribution in [1.82, 2.24) is 4.90 Å². The maximum Gasteiger partial charge on any atom is 0.242 e. The van der Waals surface area contributed by atoms with Gasteiger partial charge in [-0.3, -0.25) is 9.69 Å². The van der Waals surface area contributed by atoms with Crippen molar-refractivity contribution in [3.8, 4) is 0 Å². The molecule has 1 amide bonds. The van der Waals surface area contributed by atoms with Crippen molar-refractivity contribution in [3.63, 3.8) is 0 Å². The lowest BCUT2D eigenvalue weighted by Crippen LogP contribution is -2.31. The zero-order valence-electron chi connectivity index (χ0n) is 15.3. The van der Waals surface area contributed by atoms with Crippen LogP contribution >= 0.6 is 11.8 Å². The Morgan fingerprint density at radius 3 is 2.54 bits per heavy atom. The molecule has 0 radical (unpaired) electrons. The highest BCUT2D eigenvalue weighted by molar-refractivity contribution is 8.15. The summed E-state index contributed by atoms with van der Waals surface area (Å²) in [5.74, 6) is 0.116. The second-order valence-electron chi connectivity index (χ2n) is 6.40. The van der Waals surface area contributed by atoms with Crippen molar-refractivity contribution in [1.29, 1.82) is 0 Å². The zero-order chi connectivity index (χ0) is 18.5. The number of aryl methyl sites for hydroxylation is 2. The number of hydrogen-bond acceptors (Lipinski definition) is 4. The van der Waals surface area contributed by atoms with Crippen LogP contribution in [-0.2, 0) is 11.3 Å². The normalized spacial score (nSPS) is 19.0. The summed E-state index contributed by atoms with van der Waals surface area (Å²) in [5, 5.41) is 9.17. The third-order valence-electron chi connectivity index (χ3n) is 4.41. The molecular weight excluding hydrogens is 342 g/mol. The molecular formula is C21H23N3OS. The Balaban J connectivity index is 1.81. The van der Waals surface area contributed by atoms with Crippen molar-refractivity contribution >= 4 is 29.1 Å². The monoisotopic (exact) mass is 365 g/mol.